The molecule has 0 radical (unpaired) electrons. The third kappa shape index (κ3) is 3.55. The van der Waals surface area contributed by atoms with Crippen LogP contribution in [0.4, 0.5) is 26.1 Å². The van der Waals surface area contributed by atoms with E-state index >= 15 is 0 Å². The van der Waals surface area contributed by atoms with Crippen molar-refractivity contribution in [3.8, 4) is 0 Å². The topological polar surface area (TPSA) is 58.1 Å². The molecule has 0 unspecified atom stereocenters. The Morgan fingerprint density at radius 3 is 2.75 bits per heavy atom. The highest BCUT2D eigenvalue weighted by atomic mass is 19.1. The molecule has 3 aromatic rings. The number of carbonyl (C=O) groups excluding carboxylic acids is 1. The molecule has 2 heterocycles. The number of benzene rings is 2. The van der Waals surface area contributed by atoms with E-state index in [1.165, 1.54) is 17.7 Å². The fourth-order valence-corrected chi connectivity index (χ4v) is 3.31. The van der Waals surface area contributed by atoms with E-state index < -0.39 is 17.5 Å². The van der Waals surface area contributed by atoms with Crippen molar-refractivity contribution in [3.05, 3.63) is 77.1 Å². The van der Waals surface area contributed by atoms with Crippen molar-refractivity contribution in [1.82, 2.24) is 9.97 Å². The van der Waals surface area contributed by atoms with E-state index in [0.29, 0.717) is 11.6 Å². The van der Waals surface area contributed by atoms with Gasteiger partial charge in [-0.25, -0.2) is 18.7 Å². The quantitative estimate of drug-likeness (QED) is 0.732. The summed E-state index contributed by atoms with van der Waals surface area (Å²) >= 11 is 0. The third-order valence-corrected chi connectivity index (χ3v) is 4.61. The second-order valence-electron chi connectivity index (χ2n) is 6.66. The van der Waals surface area contributed by atoms with Crippen molar-refractivity contribution in [2.45, 2.75) is 19.8 Å². The lowest BCUT2D eigenvalue weighted by Gasteiger charge is -2.29. The summed E-state index contributed by atoms with van der Waals surface area (Å²) < 4.78 is 26.9. The largest absolute Gasteiger partial charge is 0.318 e. The van der Waals surface area contributed by atoms with Gasteiger partial charge in [0.15, 0.2) is 0 Å². The predicted octanol–water partition coefficient (Wildman–Crippen LogP) is 4.40. The Morgan fingerprint density at radius 1 is 1.11 bits per heavy atom. The Balaban J connectivity index is 1.65. The van der Waals surface area contributed by atoms with Gasteiger partial charge in [0.05, 0.1) is 5.69 Å². The van der Waals surface area contributed by atoms with Crippen LogP contribution in [0.15, 0.2) is 48.5 Å². The molecule has 28 heavy (non-hydrogen) atoms. The first-order valence-electron chi connectivity index (χ1n) is 8.99. The minimum absolute atomic E-state index is 0.104. The molecule has 1 aliphatic rings. The van der Waals surface area contributed by atoms with E-state index in [1.54, 1.807) is 6.92 Å². The van der Waals surface area contributed by atoms with Crippen molar-refractivity contribution in [2.75, 3.05) is 16.8 Å². The Hall–Kier alpha value is -3.35. The van der Waals surface area contributed by atoms with Gasteiger partial charge >= 0.3 is 0 Å². The lowest BCUT2D eigenvalue weighted by molar-refractivity contribution is 0.102. The predicted molar refractivity (Wildman–Crippen MR) is 103 cm³/mol. The maximum atomic E-state index is 13.8. The molecular formula is C21H18F2N4O. The van der Waals surface area contributed by atoms with Crippen LogP contribution in [-0.2, 0) is 6.42 Å². The van der Waals surface area contributed by atoms with Crippen LogP contribution in [0.2, 0.25) is 0 Å². The number of nitrogens with zero attached hydrogens (tertiary/aromatic N) is 3. The first-order chi connectivity index (χ1) is 13.5. The van der Waals surface area contributed by atoms with Gasteiger partial charge in [0, 0.05) is 24.0 Å². The molecule has 0 bridgehead atoms. The van der Waals surface area contributed by atoms with E-state index in [0.717, 1.165) is 37.2 Å². The van der Waals surface area contributed by atoms with Gasteiger partial charge in [-0.15, -0.1) is 0 Å². The number of para-hydroxylation sites is 1. The molecule has 0 saturated carbocycles. The van der Waals surface area contributed by atoms with Crippen LogP contribution >= 0.6 is 0 Å². The summed E-state index contributed by atoms with van der Waals surface area (Å²) in [5, 5.41) is 2.44. The summed E-state index contributed by atoms with van der Waals surface area (Å²) in [5.41, 5.74) is 2.87. The van der Waals surface area contributed by atoms with Gasteiger partial charge in [-0.1, -0.05) is 18.2 Å². The van der Waals surface area contributed by atoms with Crippen LogP contribution in [0.1, 0.15) is 28.2 Å². The zero-order chi connectivity index (χ0) is 19.7. The van der Waals surface area contributed by atoms with Crippen LogP contribution < -0.4 is 10.2 Å². The lowest BCUT2D eigenvalue weighted by atomic mass is 10.0. The number of nitrogens with one attached hydrogen (secondary N) is 1. The molecule has 1 N–H and O–H groups in total. The summed E-state index contributed by atoms with van der Waals surface area (Å²) in [4.78, 5) is 23.5. The van der Waals surface area contributed by atoms with E-state index in [4.69, 9.17) is 0 Å². The molecule has 0 atom stereocenters. The van der Waals surface area contributed by atoms with Gasteiger partial charge < -0.3 is 10.2 Å². The van der Waals surface area contributed by atoms with Crippen LogP contribution in [0.3, 0.4) is 0 Å². The molecule has 1 amide bonds. The van der Waals surface area contributed by atoms with Gasteiger partial charge in [-0.2, -0.15) is 0 Å². The Labute approximate surface area is 161 Å². The van der Waals surface area contributed by atoms with Crippen molar-refractivity contribution in [1.29, 1.82) is 0 Å². The Kier molecular flexibility index (Phi) is 4.73. The van der Waals surface area contributed by atoms with Gasteiger partial charge in [0.1, 0.15) is 17.3 Å². The lowest BCUT2D eigenvalue weighted by Crippen LogP contribution is -2.27. The summed E-state index contributed by atoms with van der Waals surface area (Å²) in [7, 11) is 0. The molecule has 1 aliphatic heterocycles. The maximum Gasteiger partial charge on any atom is 0.274 e. The highest BCUT2D eigenvalue weighted by molar-refractivity contribution is 6.03. The number of hydrogen-bond acceptors (Lipinski definition) is 4. The molecule has 0 spiro atoms. The fourth-order valence-electron chi connectivity index (χ4n) is 3.31. The van der Waals surface area contributed by atoms with E-state index in [1.807, 2.05) is 23.1 Å². The number of rotatable bonds is 3. The zero-order valence-corrected chi connectivity index (χ0v) is 15.2. The Morgan fingerprint density at radius 2 is 1.93 bits per heavy atom. The van der Waals surface area contributed by atoms with Crippen molar-refractivity contribution in [2.24, 2.45) is 0 Å². The second-order valence-corrected chi connectivity index (χ2v) is 6.66. The molecule has 142 valence electrons. The normalized spacial score (nSPS) is 13.2. The monoisotopic (exact) mass is 380 g/mol. The standard InChI is InChI=1S/C21H18F2N4O/c1-13-11-18(20(28)25-17-9-8-15(22)12-16(17)23)26-21(24-13)27-10-4-6-14-5-2-3-7-19(14)27/h2-3,5,7-9,11-12H,4,6,10H2,1H3,(H,25,28). The smallest absolute Gasteiger partial charge is 0.274 e. The van der Waals surface area contributed by atoms with Crippen LogP contribution in [0.25, 0.3) is 0 Å². The minimum Gasteiger partial charge on any atom is -0.318 e. The van der Waals surface area contributed by atoms with Crippen molar-refractivity contribution in [3.63, 3.8) is 0 Å². The number of hydrogen-bond donors (Lipinski definition) is 1. The summed E-state index contributed by atoms with van der Waals surface area (Å²) in [5.74, 6) is -1.71. The van der Waals surface area contributed by atoms with Gasteiger partial charge in [0.2, 0.25) is 5.95 Å². The van der Waals surface area contributed by atoms with Gasteiger partial charge in [-0.3, -0.25) is 4.79 Å². The number of carbonyl (C=O) groups is 1. The second kappa shape index (κ2) is 7.34. The number of fused-ring (bicyclic) bond motifs is 1. The summed E-state index contributed by atoms with van der Waals surface area (Å²) in [6, 6.07) is 12.6. The highest BCUT2D eigenvalue weighted by Crippen LogP contribution is 2.31. The molecule has 7 heteroatoms. The molecule has 1 aromatic heterocycles. The van der Waals surface area contributed by atoms with Crippen molar-refractivity contribution < 1.29 is 13.6 Å². The van der Waals surface area contributed by atoms with E-state index in [2.05, 4.69) is 21.4 Å². The molecule has 5 nitrogen and oxygen atoms in total. The summed E-state index contributed by atoms with van der Waals surface area (Å²) in [6.07, 6.45) is 1.94. The van der Waals surface area contributed by atoms with Crippen LogP contribution in [0, 0.1) is 18.6 Å². The van der Waals surface area contributed by atoms with E-state index in [-0.39, 0.29) is 11.4 Å². The average molecular weight is 380 g/mol. The van der Waals surface area contributed by atoms with E-state index in [9.17, 15) is 13.6 Å². The highest BCUT2D eigenvalue weighted by Gasteiger charge is 2.22. The zero-order valence-electron chi connectivity index (χ0n) is 15.2. The molecular weight excluding hydrogens is 362 g/mol. The fraction of sp³-hybridized carbons (Fsp3) is 0.190. The number of aryl methyl sites for hydroxylation is 2. The van der Waals surface area contributed by atoms with Crippen LogP contribution in [0.5, 0.6) is 0 Å². The molecule has 0 aliphatic carbocycles. The minimum atomic E-state index is -0.843. The third-order valence-electron chi connectivity index (χ3n) is 4.61. The Bertz CT molecular complexity index is 1050. The molecule has 0 fully saturated rings. The van der Waals surface area contributed by atoms with Gasteiger partial charge in [0.25, 0.3) is 5.91 Å². The molecule has 4 rings (SSSR count). The van der Waals surface area contributed by atoms with Crippen LogP contribution in [-0.4, -0.2) is 22.4 Å². The first kappa shape index (κ1) is 18.0. The number of amides is 1. The summed E-state index contributed by atoms with van der Waals surface area (Å²) in [6.45, 7) is 2.52. The number of halogens is 2. The maximum absolute atomic E-state index is 13.8. The molecule has 0 saturated heterocycles. The number of anilines is 3. The number of aromatic nitrogens is 2. The first-order valence-corrected chi connectivity index (χ1v) is 8.99. The SMILES string of the molecule is Cc1cc(C(=O)Nc2ccc(F)cc2F)nc(N2CCCc3ccccc32)n1. The average Bonchev–Trinajstić information content (AvgIpc) is 2.69. The van der Waals surface area contributed by atoms with Crippen molar-refractivity contribution >= 4 is 23.2 Å². The van der Waals surface area contributed by atoms with Gasteiger partial charge in [-0.05, 0) is 49.6 Å². The molecule has 2 aromatic carbocycles.